The molecule has 0 spiro atoms. The molecule has 21 heteroatoms. The number of carbonyl (C=O) groups is 1. The van der Waals surface area contributed by atoms with Crippen molar-refractivity contribution in [3.05, 3.63) is 36.4 Å². The van der Waals surface area contributed by atoms with Crippen LogP contribution in [0.25, 0.3) is 10.8 Å². The number of rotatable bonds is 11. The van der Waals surface area contributed by atoms with Crippen LogP contribution in [0, 0.1) is 0 Å². The van der Waals surface area contributed by atoms with Gasteiger partial charge in [0, 0.05) is 31.3 Å². The van der Waals surface area contributed by atoms with Gasteiger partial charge in [-0.1, -0.05) is 0 Å². The summed E-state index contributed by atoms with van der Waals surface area (Å²) in [5.74, 6) is -2.54. The Balaban J connectivity index is 2.29. The Kier molecular flexibility index (Phi) is 9.76. The summed E-state index contributed by atoms with van der Waals surface area (Å²) in [6.07, 6.45) is 0. The second kappa shape index (κ2) is 12.6. The molecule has 0 aliphatic rings. The van der Waals surface area contributed by atoms with E-state index in [-0.39, 0.29) is 33.6 Å². The van der Waals surface area contributed by atoms with Gasteiger partial charge in [0.1, 0.15) is 11.4 Å². The number of phenolic OH excluding ortho intramolecular Hbond substituents is 1. The van der Waals surface area contributed by atoms with Crippen LogP contribution in [0.4, 0.5) is 17.1 Å². The van der Waals surface area contributed by atoms with Gasteiger partial charge >= 0.3 is 22.7 Å². The van der Waals surface area contributed by atoms with E-state index in [1.54, 1.807) is 0 Å². The lowest BCUT2D eigenvalue weighted by Crippen LogP contribution is -2.08. The topological polar surface area (TPSA) is 249 Å². The van der Waals surface area contributed by atoms with E-state index in [0.29, 0.717) is 0 Å². The van der Waals surface area contributed by atoms with E-state index in [4.69, 9.17) is 13.6 Å². The van der Waals surface area contributed by atoms with Crippen LogP contribution in [-0.2, 0) is 47.0 Å². The molecule has 0 radical (unpaired) electrons. The predicted octanol–water partition coefficient (Wildman–Crippen LogP) is 3.28. The highest BCUT2D eigenvalue weighted by molar-refractivity contribution is 7.85. The molecule has 3 rings (SSSR count). The number of hydrogen-bond acceptors (Lipinski definition) is 14. The van der Waals surface area contributed by atoms with E-state index >= 15 is 0 Å². The normalized spacial score (nSPS) is 13.3. The molecule has 2 atom stereocenters. The fraction of sp³-hybridized carbons (Fsp3) is 0.0556. The number of hydrogen-bond donors (Lipinski definition) is 6. The maximum absolute atomic E-state index is 11.7. The van der Waals surface area contributed by atoms with Gasteiger partial charge in [-0.25, -0.2) is 0 Å². The summed E-state index contributed by atoms with van der Waals surface area (Å²) in [5, 5.41) is 24.8. The van der Waals surface area contributed by atoms with Crippen LogP contribution in [0.2, 0.25) is 0 Å². The highest BCUT2D eigenvalue weighted by Crippen LogP contribution is 2.47. The van der Waals surface area contributed by atoms with Gasteiger partial charge in [-0.3, -0.25) is 18.5 Å². The molecular formula is C18H15N3O14S4. The van der Waals surface area contributed by atoms with Crippen molar-refractivity contribution in [2.45, 2.75) is 11.8 Å². The number of carbonyl (C=O) groups excluding carboxylic acids is 1. The molecule has 0 aliphatic heterocycles. The van der Waals surface area contributed by atoms with Crippen molar-refractivity contribution in [2.24, 2.45) is 10.2 Å². The lowest BCUT2D eigenvalue weighted by molar-refractivity contribution is -0.402. The first-order chi connectivity index (χ1) is 18.3. The zero-order valence-corrected chi connectivity index (χ0v) is 22.2. The minimum Gasteiger partial charge on any atom is -0.505 e. The Morgan fingerprint density at radius 3 is 2.31 bits per heavy atom. The van der Waals surface area contributed by atoms with E-state index in [1.165, 1.54) is 6.07 Å². The number of anilines is 1. The Hall–Kier alpha value is -3.41. The standard InChI is InChI=1S/C18H15N3O14S4/c1-8(22)19-13-7-11(39(28,29)30)4-9-5-15(33-38(26)27)17(18(23)16(9)13)21-20-12-6-10(32-37(24)25)2-3-14(12)31-34-35-36/h2-7,23,36H,1H3,(H,19,22)(H,24,25)(H,26,27)(H,28,29,30). The van der Waals surface area contributed by atoms with Crippen LogP contribution in [-0.4, -0.2) is 41.5 Å². The largest absolute Gasteiger partial charge is 0.505 e. The van der Waals surface area contributed by atoms with Gasteiger partial charge in [-0.15, -0.1) is 14.6 Å². The van der Waals surface area contributed by atoms with Crippen molar-refractivity contribution in [1.82, 2.24) is 0 Å². The molecule has 5 N–H and O–H groups in total. The molecule has 39 heavy (non-hydrogen) atoms. The summed E-state index contributed by atoms with van der Waals surface area (Å²) in [5.41, 5.74) is -1.17. The lowest BCUT2D eigenvalue weighted by Gasteiger charge is -2.14. The van der Waals surface area contributed by atoms with E-state index in [1.807, 2.05) is 0 Å². The van der Waals surface area contributed by atoms with Gasteiger partial charge in [0.15, 0.2) is 22.9 Å². The van der Waals surface area contributed by atoms with Crippen LogP contribution >= 0.6 is 12.9 Å². The summed E-state index contributed by atoms with van der Waals surface area (Å²) >= 11 is -2.38. The molecule has 3 aromatic rings. The van der Waals surface area contributed by atoms with E-state index < -0.39 is 60.8 Å². The van der Waals surface area contributed by atoms with E-state index in [0.717, 1.165) is 37.3 Å². The second-order valence-corrected chi connectivity index (χ2v) is 9.73. The summed E-state index contributed by atoms with van der Waals surface area (Å²) in [6, 6.07) is 6.07. The molecular weight excluding hydrogens is 610 g/mol. The molecule has 0 aliphatic carbocycles. The zero-order valence-electron chi connectivity index (χ0n) is 18.9. The molecule has 0 saturated carbocycles. The van der Waals surface area contributed by atoms with Gasteiger partial charge in [-0.05, 0) is 40.8 Å². The number of phenols is 1. The van der Waals surface area contributed by atoms with Crippen molar-refractivity contribution in [1.29, 1.82) is 0 Å². The lowest BCUT2D eigenvalue weighted by atomic mass is 10.1. The molecule has 2 unspecified atom stereocenters. The molecule has 3 aromatic carbocycles. The fourth-order valence-corrected chi connectivity index (χ4v) is 4.19. The maximum atomic E-state index is 11.7. The first kappa shape index (κ1) is 30.1. The highest BCUT2D eigenvalue weighted by atomic mass is 32.2. The monoisotopic (exact) mass is 625 g/mol. The van der Waals surface area contributed by atoms with Crippen LogP contribution in [0.3, 0.4) is 0 Å². The summed E-state index contributed by atoms with van der Waals surface area (Å²) in [6.45, 7) is 1.09. The highest BCUT2D eigenvalue weighted by Gasteiger charge is 2.23. The summed E-state index contributed by atoms with van der Waals surface area (Å²) in [7, 11) is -4.80. The third-order valence-corrected chi connectivity index (χ3v) is 5.95. The predicted molar refractivity (Wildman–Crippen MR) is 135 cm³/mol. The number of azo groups is 1. The molecule has 17 nitrogen and oxygen atoms in total. The second-order valence-electron chi connectivity index (χ2n) is 6.95. The van der Waals surface area contributed by atoms with Crippen molar-refractivity contribution >= 4 is 79.5 Å². The fourth-order valence-electron chi connectivity index (χ4n) is 3.07. The quantitative estimate of drug-likeness (QED) is 0.0340. The first-order valence-corrected chi connectivity index (χ1v) is 13.5. The number of aromatic hydroxyl groups is 1. The number of nitrogens with one attached hydrogen (secondary N) is 1. The van der Waals surface area contributed by atoms with Gasteiger partial charge in [0.2, 0.25) is 5.91 Å². The molecule has 0 bridgehead atoms. The third kappa shape index (κ3) is 7.81. The number of amides is 1. The van der Waals surface area contributed by atoms with Crippen LogP contribution in [0.15, 0.2) is 51.5 Å². The van der Waals surface area contributed by atoms with Crippen LogP contribution < -0.4 is 18.6 Å². The molecule has 210 valence electrons. The number of benzene rings is 3. The summed E-state index contributed by atoms with van der Waals surface area (Å²) in [4.78, 5) is 15.8. The van der Waals surface area contributed by atoms with Gasteiger partial charge in [-0.2, -0.15) is 16.8 Å². The minimum absolute atomic E-state index is 0.171. The Morgan fingerprint density at radius 2 is 1.72 bits per heavy atom. The van der Waals surface area contributed by atoms with Crippen molar-refractivity contribution in [3.63, 3.8) is 0 Å². The minimum atomic E-state index is -4.80. The Bertz CT molecular complexity index is 1610. The van der Waals surface area contributed by atoms with Gasteiger partial charge < -0.3 is 23.7 Å². The van der Waals surface area contributed by atoms with Crippen LogP contribution in [0.5, 0.6) is 23.0 Å². The van der Waals surface area contributed by atoms with E-state index in [9.17, 15) is 35.8 Å². The third-order valence-electron chi connectivity index (χ3n) is 4.40. The smallest absolute Gasteiger partial charge is 0.357 e. The van der Waals surface area contributed by atoms with Gasteiger partial charge in [0.05, 0.1) is 10.6 Å². The maximum Gasteiger partial charge on any atom is 0.357 e. The number of fused-ring (bicyclic) bond motifs is 1. The molecule has 0 aromatic heterocycles. The van der Waals surface area contributed by atoms with Crippen molar-refractivity contribution < 1.29 is 63.0 Å². The van der Waals surface area contributed by atoms with Gasteiger partial charge in [0.25, 0.3) is 10.1 Å². The van der Waals surface area contributed by atoms with Crippen molar-refractivity contribution in [3.8, 4) is 23.0 Å². The average molecular weight is 626 g/mol. The molecule has 0 heterocycles. The van der Waals surface area contributed by atoms with E-state index in [2.05, 4.69) is 42.0 Å². The molecule has 0 saturated heterocycles. The molecule has 1 amide bonds. The summed E-state index contributed by atoms with van der Waals surface area (Å²) < 4.78 is 87.0. The number of nitrogens with zero attached hydrogens (tertiary/aromatic N) is 2. The van der Waals surface area contributed by atoms with Crippen molar-refractivity contribution in [2.75, 3.05) is 5.32 Å². The average Bonchev–Trinajstić information content (AvgIpc) is 2.81. The Morgan fingerprint density at radius 1 is 1.03 bits per heavy atom. The SMILES string of the molecule is CC(=O)Nc1cc(S(=O)(=O)O)cc2cc(OS(=O)O)c(N=Nc3cc(OS(=O)O)ccc3OOOS)c(O)c12. The van der Waals surface area contributed by atoms with Crippen LogP contribution in [0.1, 0.15) is 6.92 Å². The zero-order chi connectivity index (χ0) is 28.9. The molecule has 0 fully saturated rings. The Labute approximate surface area is 228 Å². The first-order valence-electron chi connectivity index (χ1n) is 9.68. The number of thiol groups is 1.